The van der Waals surface area contributed by atoms with Gasteiger partial charge in [0.15, 0.2) is 0 Å². The fraction of sp³-hybridized carbons (Fsp3) is 0.417. The van der Waals surface area contributed by atoms with Crippen LogP contribution in [0.25, 0.3) is 0 Å². The zero-order valence-corrected chi connectivity index (χ0v) is 17.6. The molecular formula is C24H30N4O2. The third-order valence-corrected chi connectivity index (χ3v) is 6.00. The normalized spacial score (nSPS) is 16.6. The van der Waals surface area contributed by atoms with Crippen LogP contribution in [-0.2, 0) is 4.79 Å². The largest absolute Gasteiger partial charge is 0.371 e. The number of hydrogen-bond acceptors (Lipinski definition) is 4. The van der Waals surface area contributed by atoms with Crippen molar-refractivity contribution in [2.24, 2.45) is 0 Å². The van der Waals surface area contributed by atoms with E-state index < -0.39 is 0 Å². The minimum atomic E-state index is -0.170. The van der Waals surface area contributed by atoms with Crippen LogP contribution in [0.5, 0.6) is 0 Å². The SMILES string of the molecule is Cc1ccc(N2CCCC2)c(C(=O)NCC(=O)N2CCN(c3ccccc3)CC2)c1. The summed E-state index contributed by atoms with van der Waals surface area (Å²) < 4.78 is 0. The Hall–Kier alpha value is -3.02. The van der Waals surface area contributed by atoms with E-state index in [1.807, 2.05) is 48.2 Å². The molecule has 4 rings (SSSR count). The lowest BCUT2D eigenvalue weighted by Gasteiger charge is -2.36. The number of carbonyl (C=O) groups excluding carboxylic acids is 2. The van der Waals surface area contributed by atoms with E-state index in [1.54, 1.807) is 0 Å². The van der Waals surface area contributed by atoms with Crippen molar-refractivity contribution in [3.63, 3.8) is 0 Å². The maximum absolute atomic E-state index is 12.9. The molecule has 6 heteroatoms. The molecule has 158 valence electrons. The van der Waals surface area contributed by atoms with Crippen LogP contribution in [-0.4, -0.2) is 62.5 Å². The fourth-order valence-corrected chi connectivity index (χ4v) is 4.28. The van der Waals surface area contributed by atoms with Crippen molar-refractivity contribution in [1.82, 2.24) is 10.2 Å². The van der Waals surface area contributed by atoms with Crippen LogP contribution in [0.1, 0.15) is 28.8 Å². The predicted octanol–water partition coefficient (Wildman–Crippen LogP) is 2.67. The number of nitrogens with zero attached hydrogens (tertiary/aromatic N) is 3. The summed E-state index contributed by atoms with van der Waals surface area (Å²) in [7, 11) is 0. The molecule has 2 aliphatic heterocycles. The lowest BCUT2D eigenvalue weighted by atomic mass is 10.1. The predicted molar refractivity (Wildman–Crippen MR) is 120 cm³/mol. The Balaban J connectivity index is 1.32. The second-order valence-corrected chi connectivity index (χ2v) is 8.10. The standard InChI is InChI=1S/C24H30N4O2/c1-19-9-10-22(27-11-5-6-12-27)21(17-19)24(30)25-18-23(29)28-15-13-26(14-16-28)20-7-3-2-4-8-20/h2-4,7-10,17H,5-6,11-16,18H2,1H3,(H,25,30). The third kappa shape index (κ3) is 4.58. The highest BCUT2D eigenvalue weighted by molar-refractivity contribution is 6.01. The minimum absolute atomic E-state index is 0.0218. The van der Waals surface area contributed by atoms with E-state index in [-0.39, 0.29) is 18.4 Å². The van der Waals surface area contributed by atoms with Crippen LogP contribution in [0.3, 0.4) is 0 Å². The van der Waals surface area contributed by atoms with E-state index in [4.69, 9.17) is 0 Å². The van der Waals surface area contributed by atoms with Crippen molar-refractivity contribution in [1.29, 1.82) is 0 Å². The molecule has 0 spiro atoms. The number of nitrogens with one attached hydrogen (secondary N) is 1. The van der Waals surface area contributed by atoms with Gasteiger partial charge in [-0.15, -0.1) is 0 Å². The smallest absolute Gasteiger partial charge is 0.253 e. The van der Waals surface area contributed by atoms with Crippen LogP contribution < -0.4 is 15.1 Å². The van der Waals surface area contributed by atoms with E-state index in [0.717, 1.165) is 50.3 Å². The van der Waals surface area contributed by atoms with E-state index in [0.29, 0.717) is 18.7 Å². The second kappa shape index (κ2) is 9.20. The van der Waals surface area contributed by atoms with Crippen molar-refractivity contribution in [3.05, 3.63) is 59.7 Å². The molecule has 2 aromatic carbocycles. The Labute approximate surface area is 178 Å². The third-order valence-electron chi connectivity index (χ3n) is 6.00. The van der Waals surface area contributed by atoms with Gasteiger partial charge in [-0.3, -0.25) is 9.59 Å². The van der Waals surface area contributed by atoms with Gasteiger partial charge in [-0.2, -0.15) is 0 Å². The van der Waals surface area contributed by atoms with Crippen LogP contribution >= 0.6 is 0 Å². The average molecular weight is 407 g/mol. The number of amides is 2. The van der Waals surface area contributed by atoms with Gasteiger partial charge in [0.2, 0.25) is 5.91 Å². The zero-order valence-electron chi connectivity index (χ0n) is 17.6. The average Bonchev–Trinajstić information content (AvgIpc) is 3.32. The summed E-state index contributed by atoms with van der Waals surface area (Å²) in [5.41, 5.74) is 3.87. The molecule has 2 aliphatic rings. The summed E-state index contributed by atoms with van der Waals surface area (Å²) in [6.45, 7) is 6.95. The molecule has 2 amide bonds. The zero-order chi connectivity index (χ0) is 20.9. The Morgan fingerprint density at radius 1 is 0.867 bits per heavy atom. The van der Waals surface area contributed by atoms with Crippen molar-refractivity contribution < 1.29 is 9.59 Å². The van der Waals surface area contributed by atoms with Gasteiger partial charge in [0.25, 0.3) is 5.91 Å². The molecule has 2 aromatic rings. The number of hydrogen-bond donors (Lipinski definition) is 1. The van der Waals surface area contributed by atoms with Gasteiger partial charge in [-0.25, -0.2) is 0 Å². The van der Waals surface area contributed by atoms with E-state index in [2.05, 4.69) is 27.2 Å². The Bertz CT molecular complexity index is 885. The molecule has 0 saturated carbocycles. The summed E-state index contributed by atoms with van der Waals surface area (Å²) >= 11 is 0. The number of carbonyl (C=O) groups is 2. The summed E-state index contributed by atoms with van der Waals surface area (Å²) in [5, 5.41) is 2.86. The van der Waals surface area contributed by atoms with Gasteiger partial charge in [0.05, 0.1) is 12.1 Å². The second-order valence-electron chi connectivity index (χ2n) is 8.10. The molecule has 1 N–H and O–H groups in total. The highest BCUT2D eigenvalue weighted by Crippen LogP contribution is 2.25. The maximum Gasteiger partial charge on any atom is 0.253 e. The summed E-state index contributed by atoms with van der Waals surface area (Å²) in [6, 6.07) is 16.3. The monoisotopic (exact) mass is 406 g/mol. The van der Waals surface area contributed by atoms with Crippen molar-refractivity contribution in [2.75, 3.05) is 55.6 Å². The van der Waals surface area contributed by atoms with Crippen molar-refractivity contribution in [2.45, 2.75) is 19.8 Å². The molecule has 0 radical (unpaired) electrons. The first-order chi connectivity index (χ1) is 14.6. The molecule has 0 bridgehead atoms. The Morgan fingerprint density at radius 3 is 2.27 bits per heavy atom. The highest BCUT2D eigenvalue weighted by atomic mass is 16.2. The number of anilines is 2. The molecule has 0 unspecified atom stereocenters. The molecule has 6 nitrogen and oxygen atoms in total. The van der Waals surface area contributed by atoms with Crippen LogP contribution in [0.2, 0.25) is 0 Å². The summed E-state index contributed by atoms with van der Waals surface area (Å²) in [6.07, 6.45) is 2.31. The number of piperazine rings is 1. The van der Waals surface area contributed by atoms with Crippen LogP contribution in [0, 0.1) is 6.92 Å². The van der Waals surface area contributed by atoms with E-state index in [9.17, 15) is 9.59 Å². The molecule has 2 fully saturated rings. The molecule has 2 heterocycles. The lowest BCUT2D eigenvalue weighted by Crippen LogP contribution is -2.51. The molecular weight excluding hydrogens is 376 g/mol. The maximum atomic E-state index is 12.9. The van der Waals surface area contributed by atoms with E-state index >= 15 is 0 Å². The molecule has 0 aromatic heterocycles. The van der Waals surface area contributed by atoms with Gasteiger partial charge in [-0.1, -0.05) is 29.8 Å². The topological polar surface area (TPSA) is 55.9 Å². The Kier molecular flexibility index (Phi) is 6.21. The summed E-state index contributed by atoms with van der Waals surface area (Å²) in [5.74, 6) is -0.191. The summed E-state index contributed by atoms with van der Waals surface area (Å²) in [4.78, 5) is 31.9. The first-order valence-corrected chi connectivity index (χ1v) is 10.8. The van der Waals surface area contributed by atoms with Gasteiger partial charge in [0.1, 0.15) is 0 Å². The van der Waals surface area contributed by atoms with E-state index in [1.165, 1.54) is 5.69 Å². The van der Waals surface area contributed by atoms with Crippen LogP contribution in [0.15, 0.2) is 48.5 Å². The highest BCUT2D eigenvalue weighted by Gasteiger charge is 2.23. The molecule has 0 aliphatic carbocycles. The van der Waals surface area contributed by atoms with Gasteiger partial charge in [-0.05, 0) is 44.0 Å². The van der Waals surface area contributed by atoms with Crippen LogP contribution in [0.4, 0.5) is 11.4 Å². The van der Waals surface area contributed by atoms with Gasteiger partial charge in [0, 0.05) is 50.6 Å². The van der Waals surface area contributed by atoms with Crippen molar-refractivity contribution >= 4 is 23.2 Å². The van der Waals surface area contributed by atoms with Crippen molar-refractivity contribution in [3.8, 4) is 0 Å². The number of para-hydroxylation sites is 1. The Morgan fingerprint density at radius 2 is 1.57 bits per heavy atom. The first-order valence-electron chi connectivity index (χ1n) is 10.8. The number of rotatable bonds is 5. The van der Waals surface area contributed by atoms with Gasteiger partial charge >= 0.3 is 0 Å². The number of aryl methyl sites for hydroxylation is 1. The fourth-order valence-electron chi connectivity index (χ4n) is 4.28. The molecule has 30 heavy (non-hydrogen) atoms. The van der Waals surface area contributed by atoms with Gasteiger partial charge < -0.3 is 20.0 Å². The molecule has 2 saturated heterocycles. The molecule has 0 atom stereocenters. The minimum Gasteiger partial charge on any atom is -0.371 e. The first kappa shape index (κ1) is 20.3. The quantitative estimate of drug-likeness (QED) is 0.830. The number of benzene rings is 2. The lowest BCUT2D eigenvalue weighted by molar-refractivity contribution is -0.130.